The zero-order valence-corrected chi connectivity index (χ0v) is 9.99. The molecule has 1 aromatic carbocycles. The molecular formula is C13H17NO3. The smallest absolute Gasteiger partial charge is 0.224 e. The Morgan fingerprint density at radius 3 is 2.82 bits per heavy atom. The van der Waals surface area contributed by atoms with E-state index in [4.69, 9.17) is 9.47 Å². The number of likely N-dealkylation sites (N-methyl/N-ethyl adjacent to an activating group) is 1. The minimum absolute atomic E-state index is 0.0296. The third-order valence-electron chi connectivity index (χ3n) is 2.55. The average Bonchev–Trinajstić information content (AvgIpc) is 2.53. The molecule has 4 heteroatoms. The molecule has 0 fully saturated rings. The molecule has 92 valence electrons. The molecule has 4 nitrogen and oxygen atoms in total. The third kappa shape index (κ3) is 3.12. The summed E-state index contributed by atoms with van der Waals surface area (Å²) in [6.45, 7) is 3.91. The summed E-state index contributed by atoms with van der Waals surface area (Å²) in [5.41, 5.74) is 0.945. The predicted molar refractivity (Wildman–Crippen MR) is 64.4 cm³/mol. The number of nitrogens with one attached hydrogen (secondary N) is 1. The van der Waals surface area contributed by atoms with E-state index in [1.54, 1.807) is 0 Å². The maximum Gasteiger partial charge on any atom is 0.224 e. The Morgan fingerprint density at radius 1 is 1.29 bits per heavy atom. The highest BCUT2D eigenvalue weighted by Crippen LogP contribution is 2.30. The van der Waals surface area contributed by atoms with E-state index in [1.165, 1.54) is 0 Å². The van der Waals surface area contributed by atoms with Gasteiger partial charge in [0.25, 0.3) is 0 Å². The molecule has 0 aromatic heterocycles. The summed E-state index contributed by atoms with van der Waals surface area (Å²) in [5, 5.41) is 2.78. The van der Waals surface area contributed by atoms with Crippen LogP contribution in [0, 0.1) is 0 Å². The summed E-state index contributed by atoms with van der Waals surface area (Å²) >= 11 is 0. The van der Waals surface area contributed by atoms with Crippen molar-refractivity contribution in [1.82, 2.24) is 5.32 Å². The van der Waals surface area contributed by atoms with E-state index in [-0.39, 0.29) is 5.91 Å². The topological polar surface area (TPSA) is 47.6 Å². The number of carbonyl (C=O) groups excluding carboxylic acids is 1. The van der Waals surface area contributed by atoms with E-state index in [0.29, 0.717) is 26.2 Å². The van der Waals surface area contributed by atoms with Crippen LogP contribution in [0.3, 0.4) is 0 Å². The molecule has 1 aliphatic rings. The van der Waals surface area contributed by atoms with Gasteiger partial charge in [-0.25, -0.2) is 0 Å². The second-order valence-electron chi connectivity index (χ2n) is 3.96. The van der Waals surface area contributed by atoms with E-state index in [1.807, 2.05) is 25.1 Å². The van der Waals surface area contributed by atoms with Crippen LogP contribution in [-0.4, -0.2) is 25.7 Å². The molecule has 0 bridgehead atoms. The summed E-state index contributed by atoms with van der Waals surface area (Å²) < 4.78 is 11.1. The molecule has 1 aromatic rings. The van der Waals surface area contributed by atoms with Crippen molar-refractivity contribution in [2.24, 2.45) is 0 Å². The van der Waals surface area contributed by atoms with Crippen LogP contribution in [-0.2, 0) is 11.2 Å². The SMILES string of the molecule is CCNC(=O)Cc1ccc2c(c1)OCCCO2. The first kappa shape index (κ1) is 11.8. The zero-order valence-electron chi connectivity index (χ0n) is 9.99. The zero-order chi connectivity index (χ0) is 12.1. The van der Waals surface area contributed by atoms with E-state index in [9.17, 15) is 4.79 Å². The first-order chi connectivity index (χ1) is 8.29. The lowest BCUT2D eigenvalue weighted by molar-refractivity contribution is -0.120. The molecule has 0 unspecified atom stereocenters. The maximum absolute atomic E-state index is 11.5. The standard InChI is InChI=1S/C13H17NO3/c1-2-14-13(15)9-10-4-5-11-12(8-10)17-7-3-6-16-11/h4-5,8H,2-3,6-7,9H2,1H3,(H,14,15). The summed E-state index contributed by atoms with van der Waals surface area (Å²) in [4.78, 5) is 11.5. The lowest BCUT2D eigenvalue weighted by Crippen LogP contribution is -2.24. The van der Waals surface area contributed by atoms with Crippen molar-refractivity contribution in [3.05, 3.63) is 23.8 Å². The molecule has 0 aliphatic carbocycles. The highest BCUT2D eigenvalue weighted by molar-refractivity contribution is 5.78. The second kappa shape index (κ2) is 5.57. The Labute approximate surface area is 101 Å². The molecule has 0 radical (unpaired) electrons. The number of amides is 1. The van der Waals surface area contributed by atoms with Crippen LogP contribution in [0.2, 0.25) is 0 Å². The fourth-order valence-electron chi connectivity index (χ4n) is 1.76. The number of carbonyl (C=O) groups is 1. The van der Waals surface area contributed by atoms with Gasteiger partial charge < -0.3 is 14.8 Å². The van der Waals surface area contributed by atoms with Crippen LogP contribution in [0.5, 0.6) is 11.5 Å². The van der Waals surface area contributed by atoms with E-state index in [0.717, 1.165) is 23.5 Å². The molecule has 1 aliphatic heterocycles. The van der Waals surface area contributed by atoms with Crippen LogP contribution in [0.15, 0.2) is 18.2 Å². The molecule has 1 N–H and O–H groups in total. The molecule has 0 saturated heterocycles. The number of ether oxygens (including phenoxy) is 2. The second-order valence-corrected chi connectivity index (χ2v) is 3.96. The lowest BCUT2D eigenvalue weighted by atomic mass is 10.1. The Kier molecular flexibility index (Phi) is 3.85. The fraction of sp³-hybridized carbons (Fsp3) is 0.462. The molecular weight excluding hydrogens is 218 g/mol. The minimum Gasteiger partial charge on any atom is -0.490 e. The van der Waals surface area contributed by atoms with Crippen molar-refractivity contribution in [2.75, 3.05) is 19.8 Å². The van der Waals surface area contributed by atoms with Gasteiger partial charge in [0.2, 0.25) is 5.91 Å². The number of hydrogen-bond donors (Lipinski definition) is 1. The summed E-state index contributed by atoms with van der Waals surface area (Å²) in [5.74, 6) is 1.54. The predicted octanol–water partition coefficient (Wildman–Crippen LogP) is 1.53. The van der Waals surface area contributed by atoms with Crippen molar-refractivity contribution < 1.29 is 14.3 Å². The van der Waals surface area contributed by atoms with E-state index < -0.39 is 0 Å². The maximum atomic E-state index is 11.5. The van der Waals surface area contributed by atoms with Gasteiger partial charge in [0.1, 0.15) is 0 Å². The van der Waals surface area contributed by atoms with Gasteiger partial charge in [-0.15, -0.1) is 0 Å². The summed E-state index contributed by atoms with van der Waals surface area (Å²) in [6.07, 6.45) is 1.27. The van der Waals surface area contributed by atoms with Gasteiger partial charge in [0, 0.05) is 13.0 Å². The number of benzene rings is 1. The molecule has 0 spiro atoms. The molecule has 0 atom stereocenters. The Bertz CT molecular complexity index is 404. The largest absolute Gasteiger partial charge is 0.490 e. The van der Waals surface area contributed by atoms with E-state index >= 15 is 0 Å². The quantitative estimate of drug-likeness (QED) is 0.864. The van der Waals surface area contributed by atoms with Gasteiger partial charge in [0.05, 0.1) is 19.6 Å². The van der Waals surface area contributed by atoms with Crippen molar-refractivity contribution in [2.45, 2.75) is 19.8 Å². The van der Waals surface area contributed by atoms with Crippen molar-refractivity contribution in [3.8, 4) is 11.5 Å². The number of hydrogen-bond acceptors (Lipinski definition) is 3. The molecule has 2 rings (SSSR count). The Hall–Kier alpha value is -1.71. The summed E-state index contributed by atoms with van der Waals surface area (Å²) in [6, 6.07) is 5.66. The van der Waals surface area contributed by atoms with Crippen molar-refractivity contribution in [3.63, 3.8) is 0 Å². The number of fused-ring (bicyclic) bond motifs is 1. The van der Waals surface area contributed by atoms with Gasteiger partial charge in [-0.3, -0.25) is 4.79 Å². The van der Waals surface area contributed by atoms with Crippen molar-refractivity contribution in [1.29, 1.82) is 0 Å². The van der Waals surface area contributed by atoms with Crippen LogP contribution < -0.4 is 14.8 Å². The fourth-order valence-corrected chi connectivity index (χ4v) is 1.76. The van der Waals surface area contributed by atoms with E-state index in [2.05, 4.69) is 5.32 Å². The van der Waals surface area contributed by atoms with Gasteiger partial charge in [-0.2, -0.15) is 0 Å². The minimum atomic E-state index is 0.0296. The first-order valence-corrected chi connectivity index (χ1v) is 5.95. The third-order valence-corrected chi connectivity index (χ3v) is 2.55. The highest BCUT2D eigenvalue weighted by Gasteiger charge is 2.11. The first-order valence-electron chi connectivity index (χ1n) is 5.95. The molecule has 1 heterocycles. The summed E-state index contributed by atoms with van der Waals surface area (Å²) in [7, 11) is 0. The normalized spacial score (nSPS) is 13.9. The van der Waals surface area contributed by atoms with Gasteiger partial charge in [-0.05, 0) is 24.6 Å². The molecule has 0 saturated carbocycles. The monoisotopic (exact) mass is 235 g/mol. The van der Waals surface area contributed by atoms with Crippen LogP contribution in [0.4, 0.5) is 0 Å². The van der Waals surface area contributed by atoms with Crippen LogP contribution in [0.25, 0.3) is 0 Å². The molecule has 17 heavy (non-hydrogen) atoms. The Morgan fingerprint density at radius 2 is 2.06 bits per heavy atom. The Balaban J connectivity index is 2.09. The van der Waals surface area contributed by atoms with Gasteiger partial charge in [0.15, 0.2) is 11.5 Å². The van der Waals surface area contributed by atoms with Crippen LogP contribution >= 0.6 is 0 Å². The van der Waals surface area contributed by atoms with Gasteiger partial charge >= 0.3 is 0 Å². The number of rotatable bonds is 3. The average molecular weight is 235 g/mol. The van der Waals surface area contributed by atoms with Crippen LogP contribution in [0.1, 0.15) is 18.9 Å². The lowest BCUT2D eigenvalue weighted by Gasteiger charge is -2.09. The van der Waals surface area contributed by atoms with Gasteiger partial charge in [-0.1, -0.05) is 6.07 Å². The van der Waals surface area contributed by atoms with Crippen molar-refractivity contribution >= 4 is 5.91 Å². The molecule has 1 amide bonds. The highest BCUT2D eigenvalue weighted by atomic mass is 16.5.